The van der Waals surface area contributed by atoms with Gasteiger partial charge in [0.15, 0.2) is 0 Å². The van der Waals surface area contributed by atoms with E-state index in [1.807, 2.05) is 18.2 Å². The van der Waals surface area contributed by atoms with Crippen molar-refractivity contribution >= 4 is 27.6 Å². The fourth-order valence-electron chi connectivity index (χ4n) is 1.79. The highest BCUT2D eigenvalue weighted by Gasteiger charge is 2.36. The van der Waals surface area contributed by atoms with Gasteiger partial charge in [-0.2, -0.15) is 0 Å². The summed E-state index contributed by atoms with van der Waals surface area (Å²) in [5, 5.41) is 12.2. The number of carboxylic acid groups (broad SMARTS) is 1. The van der Waals surface area contributed by atoms with Crippen LogP contribution in [0, 0.1) is 0 Å². The number of rotatable bonds is 1. The Kier molecular flexibility index (Phi) is 2.46. The van der Waals surface area contributed by atoms with Crippen molar-refractivity contribution in [3.05, 3.63) is 28.2 Å². The molecule has 4 heteroatoms. The molecule has 0 saturated heterocycles. The van der Waals surface area contributed by atoms with Crippen LogP contribution in [0.25, 0.3) is 0 Å². The largest absolute Gasteiger partial charge is 0.480 e. The Morgan fingerprint density at radius 1 is 1.60 bits per heavy atom. The van der Waals surface area contributed by atoms with Crippen molar-refractivity contribution in [3.63, 3.8) is 0 Å². The fraction of sp³-hybridized carbons (Fsp3) is 0.364. The van der Waals surface area contributed by atoms with E-state index in [-0.39, 0.29) is 0 Å². The van der Waals surface area contributed by atoms with Crippen molar-refractivity contribution < 1.29 is 9.90 Å². The van der Waals surface area contributed by atoms with Crippen LogP contribution < -0.4 is 5.32 Å². The third-order valence-electron chi connectivity index (χ3n) is 2.85. The number of benzene rings is 1. The van der Waals surface area contributed by atoms with Crippen LogP contribution in [0.15, 0.2) is 22.7 Å². The van der Waals surface area contributed by atoms with Gasteiger partial charge in [0.05, 0.1) is 0 Å². The molecule has 15 heavy (non-hydrogen) atoms. The quantitative estimate of drug-likeness (QED) is 0.824. The molecule has 2 N–H and O–H groups in total. The molecule has 1 aromatic rings. The second kappa shape index (κ2) is 3.52. The van der Waals surface area contributed by atoms with Gasteiger partial charge in [0.25, 0.3) is 0 Å². The Balaban J connectivity index is 2.37. The maximum absolute atomic E-state index is 11.1. The van der Waals surface area contributed by atoms with E-state index >= 15 is 0 Å². The van der Waals surface area contributed by atoms with Crippen molar-refractivity contribution in [2.24, 2.45) is 0 Å². The molecule has 1 heterocycles. The van der Waals surface area contributed by atoms with Crippen LogP contribution in [0.4, 0.5) is 5.69 Å². The number of carbonyl (C=O) groups is 1. The molecule has 3 nitrogen and oxygen atoms in total. The van der Waals surface area contributed by atoms with E-state index in [1.54, 1.807) is 6.92 Å². The average molecular weight is 270 g/mol. The van der Waals surface area contributed by atoms with E-state index in [4.69, 9.17) is 5.11 Å². The van der Waals surface area contributed by atoms with Crippen LogP contribution in [0.3, 0.4) is 0 Å². The van der Waals surface area contributed by atoms with Gasteiger partial charge >= 0.3 is 5.97 Å². The van der Waals surface area contributed by atoms with Gasteiger partial charge in [0.2, 0.25) is 0 Å². The molecule has 1 aliphatic heterocycles. The third kappa shape index (κ3) is 1.86. The number of carboxylic acids is 1. The summed E-state index contributed by atoms with van der Waals surface area (Å²) >= 11 is 3.38. The number of fused-ring (bicyclic) bond motifs is 1. The van der Waals surface area contributed by atoms with Gasteiger partial charge in [-0.3, -0.25) is 0 Å². The predicted octanol–water partition coefficient (Wildman–Crippen LogP) is 2.65. The first kappa shape index (κ1) is 10.5. The lowest BCUT2D eigenvalue weighted by Gasteiger charge is -2.33. The average Bonchev–Trinajstić information content (AvgIpc) is 2.16. The Hall–Kier alpha value is -1.03. The summed E-state index contributed by atoms with van der Waals surface area (Å²) in [6, 6.07) is 5.92. The minimum absolute atomic E-state index is 0.622. The van der Waals surface area contributed by atoms with Crippen molar-refractivity contribution in [2.45, 2.75) is 25.3 Å². The number of hydrogen-bond donors (Lipinski definition) is 2. The molecule has 1 aliphatic rings. The van der Waals surface area contributed by atoms with E-state index in [0.717, 1.165) is 16.6 Å². The van der Waals surface area contributed by atoms with Crippen LogP contribution in [0.2, 0.25) is 0 Å². The molecule has 0 amide bonds. The van der Waals surface area contributed by atoms with Crippen LogP contribution >= 0.6 is 15.9 Å². The first-order valence-electron chi connectivity index (χ1n) is 4.81. The lowest BCUT2D eigenvalue weighted by atomic mass is 9.88. The van der Waals surface area contributed by atoms with Gasteiger partial charge in [0, 0.05) is 10.2 Å². The second-order valence-corrected chi connectivity index (χ2v) is 4.98. The lowest BCUT2D eigenvalue weighted by Crippen LogP contribution is -2.46. The molecular weight excluding hydrogens is 258 g/mol. The molecular formula is C11H12BrNO2. The standard InChI is InChI=1S/C11H12BrNO2/c1-11(10(14)15)5-4-7-2-3-8(12)6-9(7)13-11/h2-3,6,13H,4-5H2,1H3,(H,14,15). The molecule has 0 bridgehead atoms. The summed E-state index contributed by atoms with van der Waals surface area (Å²) in [4.78, 5) is 11.1. The van der Waals surface area contributed by atoms with Crippen LogP contribution in [0.1, 0.15) is 18.9 Å². The van der Waals surface area contributed by atoms with Gasteiger partial charge in [-0.15, -0.1) is 0 Å². The summed E-state index contributed by atoms with van der Waals surface area (Å²) in [5.74, 6) is -0.798. The molecule has 0 aromatic heterocycles. The van der Waals surface area contributed by atoms with Gasteiger partial charge < -0.3 is 10.4 Å². The van der Waals surface area contributed by atoms with Gasteiger partial charge in [0.1, 0.15) is 5.54 Å². The minimum atomic E-state index is -0.839. The maximum atomic E-state index is 11.1. The molecule has 1 unspecified atom stereocenters. The molecule has 0 spiro atoms. The molecule has 0 radical (unpaired) electrons. The van der Waals surface area contributed by atoms with E-state index in [0.29, 0.717) is 6.42 Å². The van der Waals surface area contributed by atoms with Crippen molar-refractivity contribution in [1.82, 2.24) is 0 Å². The predicted molar refractivity (Wildman–Crippen MR) is 62.1 cm³/mol. The van der Waals surface area contributed by atoms with Gasteiger partial charge in [-0.05, 0) is 37.5 Å². The number of nitrogens with one attached hydrogen (secondary N) is 1. The van der Waals surface area contributed by atoms with Crippen molar-refractivity contribution in [1.29, 1.82) is 0 Å². The zero-order chi connectivity index (χ0) is 11.1. The van der Waals surface area contributed by atoms with E-state index < -0.39 is 11.5 Å². The summed E-state index contributed by atoms with van der Waals surface area (Å²) in [6.07, 6.45) is 1.43. The van der Waals surface area contributed by atoms with Gasteiger partial charge in [-0.25, -0.2) is 4.79 Å². The highest BCUT2D eigenvalue weighted by atomic mass is 79.9. The molecule has 0 fully saturated rings. The fourth-order valence-corrected chi connectivity index (χ4v) is 2.15. The lowest BCUT2D eigenvalue weighted by molar-refractivity contribution is -0.142. The summed E-state index contributed by atoms with van der Waals surface area (Å²) in [6.45, 7) is 1.72. The first-order valence-corrected chi connectivity index (χ1v) is 5.60. The zero-order valence-electron chi connectivity index (χ0n) is 8.38. The monoisotopic (exact) mass is 269 g/mol. The summed E-state index contributed by atoms with van der Waals surface area (Å²) < 4.78 is 0.961. The third-order valence-corrected chi connectivity index (χ3v) is 3.34. The Morgan fingerprint density at radius 2 is 2.33 bits per heavy atom. The van der Waals surface area contributed by atoms with Crippen LogP contribution in [-0.2, 0) is 11.2 Å². The maximum Gasteiger partial charge on any atom is 0.329 e. The Bertz CT molecular complexity index is 419. The smallest absolute Gasteiger partial charge is 0.329 e. The molecule has 1 aromatic carbocycles. The normalized spacial score (nSPS) is 24.1. The number of anilines is 1. The van der Waals surface area contributed by atoms with Crippen molar-refractivity contribution in [3.8, 4) is 0 Å². The van der Waals surface area contributed by atoms with E-state index in [9.17, 15) is 4.79 Å². The van der Waals surface area contributed by atoms with E-state index in [2.05, 4.69) is 21.2 Å². The Labute approximate surface area is 96.6 Å². The number of aliphatic carboxylic acids is 1. The second-order valence-electron chi connectivity index (χ2n) is 4.06. The van der Waals surface area contributed by atoms with Gasteiger partial charge in [-0.1, -0.05) is 22.0 Å². The van der Waals surface area contributed by atoms with Crippen LogP contribution in [0.5, 0.6) is 0 Å². The number of aryl methyl sites for hydroxylation is 1. The van der Waals surface area contributed by atoms with Crippen LogP contribution in [-0.4, -0.2) is 16.6 Å². The highest BCUT2D eigenvalue weighted by molar-refractivity contribution is 9.10. The topological polar surface area (TPSA) is 49.3 Å². The summed E-state index contributed by atoms with van der Waals surface area (Å²) in [7, 11) is 0. The van der Waals surface area contributed by atoms with E-state index in [1.165, 1.54) is 5.56 Å². The molecule has 0 saturated carbocycles. The first-order chi connectivity index (χ1) is 7.01. The highest BCUT2D eigenvalue weighted by Crippen LogP contribution is 2.32. The molecule has 2 rings (SSSR count). The number of hydrogen-bond acceptors (Lipinski definition) is 2. The van der Waals surface area contributed by atoms with Crippen molar-refractivity contribution in [2.75, 3.05) is 5.32 Å². The summed E-state index contributed by atoms with van der Waals surface area (Å²) in [5.41, 5.74) is 1.26. The minimum Gasteiger partial charge on any atom is -0.480 e. The molecule has 80 valence electrons. The molecule has 1 atom stereocenters. The SMILES string of the molecule is CC1(C(=O)O)CCc2ccc(Br)cc2N1. The Morgan fingerprint density at radius 3 is 3.00 bits per heavy atom. The molecule has 0 aliphatic carbocycles. The zero-order valence-corrected chi connectivity index (χ0v) is 9.97. The number of halogens is 1.